The van der Waals surface area contributed by atoms with Gasteiger partial charge in [0.1, 0.15) is 11.4 Å². The van der Waals surface area contributed by atoms with Crippen LogP contribution in [-0.2, 0) is 0 Å². The molecule has 138 valence electrons. The van der Waals surface area contributed by atoms with Crippen molar-refractivity contribution in [1.82, 2.24) is 0 Å². The number of rotatable bonds is 4. The van der Waals surface area contributed by atoms with Crippen LogP contribution in [0.1, 0.15) is 69.8 Å². The lowest BCUT2D eigenvalue weighted by atomic mass is 9.68. The second-order valence-electron chi connectivity index (χ2n) is 10.0. The van der Waals surface area contributed by atoms with E-state index in [0.29, 0.717) is 0 Å². The normalized spacial score (nSPS) is 44.0. The molecule has 1 nitrogen and oxygen atoms in total. The molecule has 0 amide bonds. The summed E-state index contributed by atoms with van der Waals surface area (Å²) in [5.74, 6) is 7.73. The van der Waals surface area contributed by atoms with E-state index in [-0.39, 0.29) is 5.60 Å². The number of ether oxygens (including phenoxy) is 1. The van der Waals surface area contributed by atoms with Crippen LogP contribution in [0.25, 0.3) is 0 Å². The fourth-order valence-electron chi connectivity index (χ4n) is 8.01. The van der Waals surface area contributed by atoms with E-state index in [1.165, 1.54) is 44.9 Å². The Morgan fingerprint density at radius 3 is 2.62 bits per heavy atom. The SMILES string of the molecule is CCC1(Oc2cccc(C3CC4CC3C3C5C=CC(C5)C43)c2)CCCC1. The van der Waals surface area contributed by atoms with Gasteiger partial charge in [-0.05, 0) is 110 Å². The molecule has 4 saturated carbocycles. The van der Waals surface area contributed by atoms with Crippen LogP contribution in [0.15, 0.2) is 36.4 Å². The molecule has 5 aliphatic carbocycles. The summed E-state index contributed by atoms with van der Waals surface area (Å²) in [6.07, 6.45) is 15.8. The molecule has 0 radical (unpaired) electrons. The average molecular weight is 349 g/mol. The maximum Gasteiger partial charge on any atom is 0.120 e. The molecule has 0 saturated heterocycles. The number of allylic oxidation sites excluding steroid dienone is 2. The van der Waals surface area contributed by atoms with Gasteiger partial charge in [-0.3, -0.25) is 0 Å². The second kappa shape index (κ2) is 5.63. The van der Waals surface area contributed by atoms with Crippen LogP contribution >= 0.6 is 0 Å². The molecule has 0 spiro atoms. The summed E-state index contributed by atoms with van der Waals surface area (Å²) in [5.41, 5.74) is 1.69. The van der Waals surface area contributed by atoms with Crippen molar-refractivity contribution in [2.75, 3.05) is 0 Å². The van der Waals surface area contributed by atoms with Gasteiger partial charge in [0.15, 0.2) is 0 Å². The summed E-state index contributed by atoms with van der Waals surface area (Å²) in [6, 6.07) is 9.27. The molecule has 1 aromatic rings. The molecular weight excluding hydrogens is 316 g/mol. The van der Waals surface area contributed by atoms with Gasteiger partial charge >= 0.3 is 0 Å². The highest BCUT2D eigenvalue weighted by atomic mass is 16.5. The molecule has 4 bridgehead atoms. The van der Waals surface area contributed by atoms with Gasteiger partial charge in [0, 0.05) is 0 Å². The average Bonchev–Trinajstić information content (AvgIpc) is 3.46. The topological polar surface area (TPSA) is 9.23 Å². The van der Waals surface area contributed by atoms with Crippen molar-refractivity contribution in [3.05, 3.63) is 42.0 Å². The summed E-state index contributed by atoms with van der Waals surface area (Å²) in [7, 11) is 0. The number of benzene rings is 1. The van der Waals surface area contributed by atoms with Gasteiger partial charge in [0.25, 0.3) is 0 Å². The van der Waals surface area contributed by atoms with Gasteiger partial charge < -0.3 is 4.74 Å². The van der Waals surface area contributed by atoms with Gasteiger partial charge in [-0.2, -0.15) is 0 Å². The zero-order chi connectivity index (χ0) is 17.3. The summed E-state index contributed by atoms with van der Waals surface area (Å²) < 4.78 is 6.62. The molecule has 7 atom stereocenters. The highest BCUT2D eigenvalue weighted by Gasteiger charge is 2.61. The summed E-state index contributed by atoms with van der Waals surface area (Å²) in [6.45, 7) is 2.30. The summed E-state index contributed by atoms with van der Waals surface area (Å²) >= 11 is 0. The van der Waals surface area contributed by atoms with Gasteiger partial charge in [0.05, 0.1) is 0 Å². The fourth-order valence-corrected chi connectivity index (χ4v) is 8.01. The van der Waals surface area contributed by atoms with Gasteiger partial charge in [-0.25, -0.2) is 0 Å². The molecule has 5 aliphatic rings. The Labute approximate surface area is 158 Å². The van der Waals surface area contributed by atoms with E-state index in [1.54, 1.807) is 5.56 Å². The van der Waals surface area contributed by atoms with Crippen molar-refractivity contribution in [3.63, 3.8) is 0 Å². The zero-order valence-corrected chi connectivity index (χ0v) is 16.1. The maximum absolute atomic E-state index is 6.62. The third kappa shape index (κ3) is 2.15. The van der Waals surface area contributed by atoms with Crippen molar-refractivity contribution in [1.29, 1.82) is 0 Å². The number of fused-ring (bicyclic) bond motifs is 9. The molecule has 0 N–H and O–H groups in total. The van der Waals surface area contributed by atoms with E-state index in [4.69, 9.17) is 4.74 Å². The highest BCUT2D eigenvalue weighted by Crippen LogP contribution is 2.68. The lowest BCUT2D eigenvalue weighted by Gasteiger charge is -2.37. The Kier molecular flexibility index (Phi) is 3.42. The van der Waals surface area contributed by atoms with Crippen molar-refractivity contribution < 1.29 is 4.74 Å². The van der Waals surface area contributed by atoms with Crippen LogP contribution in [0.3, 0.4) is 0 Å². The Morgan fingerprint density at radius 1 is 1.00 bits per heavy atom. The first-order valence-electron chi connectivity index (χ1n) is 11.2. The lowest BCUT2D eigenvalue weighted by Crippen LogP contribution is -2.32. The third-order valence-electron chi connectivity index (χ3n) is 9.05. The molecule has 4 fully saturated rings. The van der Waals surface area contributed by atoms with E-state index >= 15 is 0 Å². The molecule has 26 heavy (non-hydrogen) atoms. The highest BCUT2D eigenvalue weighted by molar-refractivity contribution is 5.35. The Hall–Kier alpha value is -1.24. The van der Waals surface area contributed by atoms with Crippen molar-refractivity contribution in [2.45, 2.75) is 69.8 Å². The van der Waals surface area contributed by atoms with Crippen LogP contribution in [0.4, 0.5) is 0 Å². The molecule has 1 heteroatoms. The quantitative estimate of drug-likeness (QED) is 0.455. The van der Waals surface area contributed by atoms with Crippen LogP contribution in [-0.4, -0.2) is 5.60 Å². The van der Waals surface area contributed by atoms with Crippen LogP contribution < -0.4 is 4.74 Å². The molecule has 0 aromatic heterocycles. The largest absolute Gasteiger partial charge is 0.487 e. The predicted molar refractivity (Wildman–Crippen MR) is 105 cm³/mol. The first kappa shape index (κ1) is 15.8. The van der Waals surface area contributed by atoms with Gasteiger partial charge in [0.2, 0.25) is 0 Å². The minimum atomic E-state index is 0.119. The van der Waals surface area contributed by atoms with Crippen LogP contribution in [0.2, 0.25) is 0 Å². The molecular formula is C25H32O. The molecule has 1 aromatic carbocycles. The molecule has 7 unspecified atom stereocenters. The minimum Gasteiger partial charge on any atom is -0.487 e. The Bertz CT molecular complexity index is 727. The van der Waals surface area contributed by atoms with E-state index in [2.05, 4.69) is 43.3 Å². The van der Waals surface area contributed by atoms with Crippen molar-refractivity contribution >= 4 is 0 Å². The lowest BCUT2D eigenvalue weighted by molar-refractivity contribution is 0.0718. The van der Waals surface area contributed by atoms with E-state index in [1.807, 2.05) is 0 Å². The van der Waals surface area contributed by atoms with Gasteiger partial charge in [-0.15, -0.1) is 0 Å². The van der Waals surface area contributed by atoms with Crippen LogP contribution in [0.5, 0.6) is 5.75 Å². The fraction of sp³-hybridized carbons (Fsp3) is 0.680. The van der Waals surface area contributed by atoms with Gasteiger partial charge in [-0.1, -0.05) is 31.2 Å². The van der Waals surface area contributed by atoms with Crippen molar-refractivity contribution in [2.24, 2.45) is 35.5 Å². The number of hydrogen-bond donors (Lipinski definition) is 0. The molecule has 0 aliphatic heterocycles. The minimum absolute atomic E-state index is 0.119. The maximum atomic E-state index is 6.62. The Balaban J connectivity index is 1.25. The predicted octanol–water partition coefficient (Wildman–Crippen LogP) is 6.35. The van der Waals surface area contributed by atoms with E-state index in [9.17, 15) is 0 Å². The standard InChI is InChI=1S/C25H32O/c1-2-25(10-3-4-11-25)26-20-7-5-6-16(13-20)21-14-19-15-22(21)24-18-9-8-17(12-18)23(19)24/h5-9,13,17-19,21-24H,2-4,10-12,14-15H2,1H3. The van der Waals surface area contributed by atoms with E-state index < -0.39 is 0 Å². The smallest absolute Gasteiger partial charge is 0.120 e. The first-order valence-corrected chi connectivity index (χ1v) is 11.2. The second-order valence-corrected chi connectivity index (χ2v) is 10.0. The monoisotopic (exact) mass is 348 g/mol. The van der Waals surface area contributed by atoms with E-state index in [0.717, 1.165) is 53.6 Å². The molecule has 6 rings (SSSR count). The van der Waals surface area contributed by atoms with Crippen LogP contribution in [0, 0.1) is 35.5 Å². The van der Waals surface area contributed by atoms with Crippen molar-refractivity contribution in [3.8, 4) is 5.75 Å². The zero-order valence-electron chi connectivity index (χ0n) is 16.1. The summed E-state index contributed by atoms with van der Waals surface area (Å²) in [5, 5.41) is 0. The first-order chi connectivity index (χ1) is 12.8. The Morgan fingerprint density at radius 2 is 1.81 bits per heavy atom. The summed E-state index contributed by atoms with van der Waals surface area (Å²) in [4.78, 5) is 0. The molecule has 0 heterocycles. The number of hydrogen-bond acceptors (Lipinski definition) is 1. The third-order valence-corrected chi connectivity index (χ3v) is 9.05.